The third-order valence-corrected chi connectivity index (χ3v) is 5.61. The van der Waals surface area contributed by atoms with E-state index in [-0.39, 0.29) is 19.6 Å². The Morgan fingerprint density at radius 1 is 1.10 bits per heavy atom. The third kappa shape index (κ3) is 6.19. The van der Waals surface area contributed by atoms with Crippen molar-refractivity contribution in [1.82, 2.24) is 10.3 Å². The second-order valence-corrected chi connectivity index (χ2v) is 7.68. The van der Waals surface area contributed by atoms with Crippen LogP contribution in [0.3, 0.4) is 0 Å². The van der Waals surface area contributed by atoms with E-state index in [0.717, 1.165) is 16.1 Å². The van der Waals surface area contributed by atoms with Gasteiger partial charge < -0.3 is 19.5 Å². The second kappa shape index (κ2) is 10.8. The molecule has 9 heteroatoms. The van der Waals surface area contributed by atoms with Gasteiger partial charge in [-0.2, -0.15) is 0 Å². The highest BCUT2D eigenvalue weighted by atomic mass is 35.5. The van der Waals surface area contributed by atoms with Gasteiger partial charge in [0.15, 0.2) is 18.1 Å². The number of aromatic nitrogens is 1. The topological polar surface area (TPSA) is 86.8 Å². The molecule has 0 aliphatic heterocycles. The zero-order valence-corrected chi connectivity index (χ0v) is 18.6. The summed E-state index contributed by atoms with van der Waals surface area (Å²) in [7, 11) is 3.14. The van der Waals surface area contributed by atoms with Crippen LogP contribution in [0.1, 0.15) is 11.3 Å². The van der Waals surface area contributed by atoms with Crippen LogP contribution in [0.5, 0.6) is 11.5 Å². The van der Waals surface area contributed by atoms with E-state index in [0.29, 0.717) is 22.2 Å². The molecule has 0 fully saturated rings. The van der Waals surface area contributed by atoms with E-state index in [9.17, 15) is 9.59 Å². The molecule has 0 aliphatic rings. The molecule has 3 rings (SSSR count). The number of amides is 1. The van der Waals surface area contributed by atoms with E-state index in [1.165, 1.54) is 11.3 Å². The Bertz CT molecular complexity index is 1070. The number of nitrogens with one attached hydrogen (secondary N) is 1. The summed E-state index contributed by atoms with van der Waals surface area (Å²) in [5.41, 5.74) is 2.20. The molecule has 0 saturated carbocycles. The van der Waals surface area contributed by atoms with Gasteiger partial charge in [0.25, 0.3) is 5.91 Å². The van der Waals surface area contributed by atoms with Gasteiger partial charge in [-0.25, -0.2) is 4.98 Å². The molecular weight excluding hydrogens is 440 g/mol. The van der Waals surface area contributed by atoms with E-state index < -0.39 is 11.9 Å². The molecule has 0 saturated heterocycles. The first kappa shape index (κ1) is 22.6. The molecule has 7 nitrogen and oxygen atoms in total. The van der Waals surface area contributed by atoms with Crippen LogP contribution in [0.4, 0.5) is 0 Å². The Morgan fingerprint density at radius 3 is 2.61 bits per heavy atom. The van der Waals surface area contributed by atoms with Gasteiger partial charge in [-0.05, 0) is 29.8 Å². The maximum atomic E-state index is 12.1. The summed E-state index contributed by atoms with van der Waals surface area (Å²) in [6.45, 7) is -0.104. The molecule has 0 atom stereocenters. The molecule has 2 aromatic carbocycles. The Morgan fingerprint density at radius 2 is 1.87 bits per heavy atom. The van der Waals surface area contributed by atoms with Crippen molar-refractivity contribution in [3.05, 3.63) is 64.1 Å². The zero-order chi connectivity index (χ0) is 22.2. The van der Waals surface area contributed by atoms with Gasteiger partial charge in [0.1, 0.15) is 5.01 Å². The maximum Gasteiger partial charge on any atom is 0.312 e. The Balaban J connectivity index is 1.50. The molecule has 1 amide bonds. The molecular formula is C22H21ClN2O5S. The van der Waals surface area contributed by atoms with Crippen molar-refractivity contribution in [2.45, 2.75) is 13.0 Å². The lowest BCUT2D eigenvalue weighted by molar-refractivity contribution is -0.147. The van der Waals surface area contributed by atoms with Crippen molar-refractivity contribution >= 4 is 34.8 Å². The number of methoxy groups -OCH3 is 2. The maximum absolute atomic E-state index is 12.1. The predicted octanol–water partition coefficient (Wildman–Crippen LogP) is 3.88. The number of carbonyl (C=O) groups excluding carboxylic acids is 2. The number of hydrogen-bond acceptors (Lipinski definition) is 7. The number of rotatable bonds is 9. The molecule has 162 valence electrons. The minimum Gasteiger partial charge on any atom is -0.493 e. The summed E-state index contributed by atoms with van der Waals surface area (Å²) in [4.78, 5) is 28.5. The lowest BCUT2D eigenvalue weighted by Crippen LogP contribution is -2.28. The van der Waals surface area contributed by atoms with Crippen molar-refractivity contribution in [1.29, 1.82) is 0 Å². The van der Waals surface area contributed by atoms with Gasteiger partial charge in [0, 0.05) is 22.5 Å². The number of halogens is 1. The standard InChI is InChI=1S/C22H21ClN2O5S/c1-28-18-8-7-14(9-19(18)29-2)22-25-16(13-31-22)10-21(27)30-12-20(26)24-11-15-5-3-4-6-17(15)23/h3-9,13H,10-12H2,1-2H3,(H,24,26). The first-order valence-corrected chi connectivity index (χ1v) is 10.6. The van der Waals surface area contributed by atoms with E-state index in [1.54, 1.807) is 31.7 Å². The average Bonchev–Trinajstić information content (AvgIpc) is 3.25. The molecule has 0 aliphatic carbocycles. The third-order valence-electron chi connectivity index (χ3n) is 4.31. The minimum atomic E-state index is -0.531. The average molecular weight is 461 g/mol. The van der Waals surface area contributed by atoms with Gasteiger partial charge in [0.05, 0.1) is 26.3 Å². The molecule has 1 aromatic heterocycles. The molecule has 3 aromatic rings. The number of nitrogens with zero attached hydrogens (tertiary/aromatic N) is 1. The minimum absolute atomic E-state index is 0.0262. The fourth-order valence-electron chi connectivity index (χ4n) is 2.72. The van der Waals surface area contributed by atoms with Crippen LogP contribution < -0.4 is 14.8 Å². The van der Waals surface area contributed by atoms with Crippen LogP contribution >= 0.6 is 22.9 Å². The quantitative estimate of drug-likeness (QED) is 0.487. The molecule has 31 heavy (non-hydrogen) atoms. The monoisotopic (exact) mass is 460 g/mol. The summed E-state index contributed by atoms with van der Waals surface area (Å²) in [5.74, 6) is 0.285. The molecule has 0 bridgehead atoms. The van der Waals surface area contributed by atoms with Crippen molar-refractivity contribution in [3.8, 4) is 22.1 Å². The van der Waals surface area contributed by atoms with Crippen LogP contribution in [0, 0.1) is 0 Å². The number of esters is 1. The first-order valence-electron chi connectivity index (χ1n) is 9.32. The lowest BCUT2D eigenvalue weighted by atomic mass is 10.2. The van der Waals surface area contributed by atoms with E-state index >= 15 is 0 Å². The molecule has 1 N–H and O–H groups in total. The Labute approximate surface area is 188 Å². The smallest absolute Gasteiger partial charge is 0.312 e. The number of benzene rings is 2. The van der Waals surface area contributed by atoms with Crippen LogP contribution in [-0.2, 0) is 27.3 Å². The van der Waals surface area contributed by atoms with Crippen LogP contribution in [-0.4, -0.2) is 37.7 Å². The number of hydrogen-bond donors (Lipinski definition) is 1. The number of carbonyl (C=O) groups is 2. The van der Waals surface area contributed by atoms with Gasteiger partial charge in [-0.15, -0.1) is 11.3 Å². The van der Waals surface area contributed by atoms with Gasteiger partial charge in [-0.3, -0.25) is 9.59 Å². The highest BCUT2D eigenvalue weighted by Crippen LogP contribution is 2.33. The van der Waals surface area contributed by atoms with Crippen LogP contribution in [0.15, 0.2) is 47.8 Å². The zero-order valence-electron chi connectivity index (χ0n) is 17.0. The molecule has 0 unspecified atom stereocenters. The van der Waals surface area contributed by atoms with E-state index in [4.69, 9.17) is 25.8 Å². The van der Waals surface area contributed by atoms with Gasteiger partial charge in [0.2, 0.25) is 0 Å². The molecule has 0 spiro atoms. The van der Waals surface area contributed by atoms with Crippen molar-refractivity contribution in [2.24, 2.45) is 0 Å². The predicted molar refractivity (Wildman–Crippen MR) is 119 cm³/mol. The van der Waals surface area contributed by atoms with Gasteiger partial charge in [-0.1, -0.05) is 29.8 Å². The summed E-state index contributed by atoms with van der Waals surface area (Å²) >= 11 is 7.45. The Hall–Kier alpha value is -3.10. The van der Waals surface area contributed by atoms with Crippen LogP contribution in [0.25, 0.3) is 10.6 Å². The van der Waals surface area contributed by atoms with Gasteiger partial charge >= 0.3 is 5.97 Å². The van der Waals surface area contributed by atoms with Crippen LogP contribution in [0.2, 0.25) is 5.02 Å². The number of thiazole rings is 1. The summed E-state index contributed by atoms with van der Waals surface area (Å²) in [5, 5.41) is 5.75. The summed E-state index contributed by atoms with van der Waals surface area (Å²) in [6.07, 6.45) is -0.0262. The molecule has 1 heterocycles. The van der Waals surface area contributed by atoms with Crippen molar-refractivity contribution in [3.63, 3.8) is 0 Å². The normalized spacial score (nSPS) is 10.4. The summed E-state index contributed by atoms with van der Waals surface area (Å²) in [6, 6.07) is 12.7. The van der Waals surface area contributed by atoms with E-state index in [1.807, 2.05) is 30.3 Å². The first-order chi connectivity index (χ1) is 15.0. The highest BCUT2D eigenvalue weighted by Gasteiger charge is 2.14. The fourth-order valence-corrected chi connectivity index (χ4v) is 3.74. The largest absolute Gasteiger partial charge is 0.493 e. The summed E-state index contributed by atoms with van der Waals surface area (Å²) < 4.78 is 15.6. The Kier molecular flexibility index (Phi) is 7.86. The SMILES string of the molecule is COc1ccc(-c2nc(CC(=O)OCC(=O)NCc3ccccc3Cl)cs2)cc1OC. The molecule has 0 radical (unpaired) electrons. The van der Waals surface area contributed by atoms with E-state index in [2.05, 4.69) is 10.3 Å². The van der Waals surface area contributed by atoms with Crippen molar-refractivity contribution < 1.29 is 23.8 Å². The fraction of sp³-hybridized carbons (Fsp3) is 0.227. The lowest BCUT2D eigenvalue weighted by Gasteiger charge is -2.08. The van der Waals surface area contributed by atoms with Crippen molar-refractivity contribution in [2.75, 3.05) is 20.8 Å². The number of ether oxygens (including phenoxy) is 3. The highest BCUT2D eigenvalue weighted by molar-refractivity contribution is 7.13. The second-order valence-electron chi connectivity index (χ2n) is 6.42.